The summed E-state index contributed by atoms with van der Waals surface area (Å²) in [6.45, 7) is 2.26. The Morgan fingerprint density at radius 2 is 2.33 bits per heavy atom. The number of hydrogen-bond donors (Lipinski definition) is 1. The molecule has 1 aliphatic carbocycles. The van der Waals surface area contributed by atoms with Crippen LogP contribution >= 0.6 is 11.3 Å². The molecule has 1 aliphatic rings. The molecule has 110 valence electrons. The standard InChI is InChI=1S/C16H18N2O2S/c1-10-6-7-13-14(8-10)21-16(17-13)18-15(19)11-4-3-5-12(9-11)20-2/h3-5,9-10H,6-8H2,1-2H3,(H,17,18,19)/t10-/m1/s1. The quantitative estimate of drug-likeness (QED) is 0.943. The van der Waals surface area contributed by atoms with E-state index in [-0.39, 0.29) is 5.91 Å². The number of carbonyl (C=O) groups is 1. The minimum Gasteiger partial charge on any atom is -0.497 e. The first-order valence-corrected chi connectivity index (χ1v) is 7.91. The van der Waals surface area contributed by atoms with Crippen molar-refractivity contribution in [3.05, 3.63) is 40.4 Å². The number of carbonyl (C=O) groups excluding carboxylic acids is 1. The summed E-state index contributed by atoms with van der Waals surface area (Å²) in [4.78, 5) is 18.1. The number of anilines is 1. The van der Waals surface area contributed by atoms with Gasteiger partial charge in [-0.05, 0) is 43.4 Å². The molecule has 0 aliphatic heterocycles. The van der Waals surface area contributed by atoms with Crippen LogP contribution in [0.4, 0.5) is 5.13 Å². The number of hydrogen-bond acceptors (Lipinski definition) is 4. The normalized spacial score (nSPS) is 17.1. The van der Waals surface area contributed by atoms with Gasteiger partial charge in [0.1, 0.15) is 5.75 Å². The van der Waals surface area contributed by atoms with Crippen molar-refractivity contribution >= 4 is 22.4 Å². The lowest BCUT2D eigenvalue weighted by atomic mass is 9.93. The molecule has 21 heavy (non-hydrogen) atoms. The van der Waals surface area contributed by atoms with Gasteiger partial charge < -0.3 is 4.74 Å². The third-order valence-corrected chi connectivity index (χ3v) is 4.77. The maximum absolute atomic E-state index is 12.3. The number of benzene rings is 1. The fourth-order valence-electron chi connectivity index (χ4n) is 2.53. The molecule has 0 unspecified atom stereocenters. The van der Waals surface area contributed by atoms with E-state index in [1.165, 1.54) is 11.3 Å². The summed E-state index contributed by atoms with van der Waals surface area (Å²) in [5.41, 5.74) is 1.73. The predicted molar refractivity (Wildman–Crippen MR) is 84.3 cm³/mol. The van der Waals surface area contributed by atoms with Crippen LogP contribution in [0, 0.1) is 5.92 Å². The molecule has 5 heteroatoms. The van der Waals surface area contributed by atoms with E-state index in [2.05, 4.69) is 17.2 Å². The van der Waals surface area contributed by atoms with Gasteiger partial charge in [0, 0.05) is 10.4 Å². The highest BCUT2D eigenvalue weighted by atomic mass is 32.1. The zero-order valence-electron chi connectivity index (χ0n) is 12.2. The molecule has 1 N–H and O–H groups in total. The van der Waals surface area contributed by atoms with Gasteiger partial charge in [-0.3, -0.25) is 10.1 Å². The molecule has 1 aromatic heterocycles. The second-order valence-corrected chi connectivity index (χ2v) is 6.51. The van der Waals surface area contributed by atoms with Crippen LogP contribution in [0.3, 0.4) is 0 Å². The minimum atomic E-state index is -0.145. The number of fused-ring (bicyclic) bond motifs is 1. The lowest BCUT2D eigenvalue weighted by molar-refractivity contribution is 0.102. The molecule has 0 saturated carbocycles. The summed E-state index contributed by atoms with van der Waals surface area (Å²) < 4.78 is 5.14. The van der Waals surface area contributed by atoms with Gasteiger partial charge in [-0.25, -0.2) is 4.98 Å². The summed E-state index contributed by atoms with van der Waals surface area (Å²) in [5.74, 6) is 1.24. The molecular formula is C16H18N2O2S. The Bertz CT molecular complexity index is 666. The monoisotopic (exact) mass is 302 g/mol. The Labute approximate surface area is 128 Å². The topological polar surface area (TPSA) is 51.2 Å². The lowest BCUT2D eigenvalue weighted by Crippen LogP contribution is -2.12. The summed E-state index contributed by atoms with van der Waals surface area (Å²) in [5, 5.41) is 3.59. The zero-order chi connectivity index (χ0) is 14.8. The van der Waals surface area contributed by atoms with Gasteiger partial charge in [0.15, 0.2) is 5.13 Å². The van der Waals surface area contributed by atoms with Crippen LogP contribution in [0.25, 0.3) is 0 Å². The third kappa shape index (κ3) is 3.08. The average molecular weight is 302 g/mol. The zero-order valence-corrected chi connectivity index (χ0v) is 13.0. The van der Waals surface area contributed by atoms with Crippen LogP contribution < -0.4 is 10.1 Å². The number of aromatic nitrogens is 1. The van der Waals surface area contributed by atoms with Gasteiger partial charge in [0.25, 0.3) is 5.91 Å². The molecule has 1 heterocycles. The largest absolute Gasteiger partial charge is 0.497 e. The minimum absolute atomic E-state index is 0.145. The van der Waals surface area contributed by atoms with E-state index < -0.39 is 0 Å². The first-order chi connectivity index (χ1) is 10.2. The highest BCUT2D eigenvalue weighted by Crippen LogP contribution is 2.32. The summed E-state index contributed by atoms with van der Waals surface area (Å²) in [7, 11) is 1.59. The van der Waals surface area contributed by atoms with Crippen molar-refractivity contribution in [1.82, 2.24) is 4.98 Å². The molecule has 1 aromatic carbocycles. The Hall–Kier alpha value is -1.88. The number of amides is 1. The van der Waals surface area contributed by atoms with Crippen LogP contribution in [-0.4, -0.2) is 18.0 Å². The Morgan fingerprint density at radius 1 is 1.48 bits per heavy atom. The molecule has 1 atom stereocenters. The molecular weight excluding hydrogens is 284 g/mol. The van der Waals surface area contributed by atoms with Crippen molar-refractivity contribution in [2.75, 3.05) is 12.4 Å². The van der Waals surface area contributed by atoms with Crippen LogP contribution in [-0.2, 0) is 12.8 Å². The number of aryl methyl sites for hydroxylation is 1. The second kappa shape index (κ2) is 5.85. The van der Waals surface area contributed by atoms with Gasteiger partial charge in [0.2, 0.25) is 0 Å². The van der Waals surface area contributed by atoms with Crippen LogP contribution in [0.15, 0.2) is 24.3 Å². The number of ether oxygens (including phenoxy) is 1. The number of thiazole rings is 1. The maximum Gasteiger partial charge on any atom is 0.257 e. The first-order valence-electron chi connectivity index (χ1n) is 7.09. The molecule has 0 fully saturated rings. The van der Waals surface area contributed by atoms with E-state index >= 15 is 0 Å². The second-order valence-electron chi connectivity index (χ2n) is 5.42. The molecule has 0 bridgehead atoms. The van der Waals surface area contributed by atoms with Crippen LogP contribution in [0.5, 0.6) is 5.75 Å². The van der Waals surface area contributed by atoms with Crippen molar-refractivity contribution in [3.63, 3.8) is 0 Å². The first kappa shape index (κ1) is 14.1. The number of methoxy groups -OCH3 is 1. The highest BCUT2D eigenvalue weighted by molar-refractivity contribution is 7.15. The van der Waals surface area contributed by atoms with Crippen molar-refractivity contribution in [2.45, 2.75) is 26.2 Å². The molecule has 4 nitrogen and oxygen atoms in total. The highest BCUT2D eigenvalue weighted by Gasteiger charge is 2.20. The van der Waals surface area contributed by atoms with Gasteiger partial charge >= 0.3 is 0 Å². The van der Waals surface area contributed by atoms with E-state index in [0.717, 1.165) is 18.5 Å². The fraction of sp³-hybridized carbons (Fsp3) is 0.375. The Morgan fingerprint density at radius 3 is 3.14 bits per heavy atom. The van der Waals surface area contributed by atoms with E-state index in [9.17, 15) is 4.79 Å². The Kier molecular flexibility index (Phi) is 3.92. The van der Waals surface area contributed by atoms with Gasteiger partial charge in [-0.15, -0.1) is 11.3 Å². The maximum atomic E-state index is 12.3. The van der Waals surface area contributed by atoms with E-state index in [1.807, 2.05) is 12.1 Å². The van der Waals surface area contributed by atoms with Gasteiger partial charge in [-0.1, -0.05) is 13.0 Å². The number of rotatable bonds is 3. The van der Waals surface area contributed by atoms with E-state index in [0.29, 0.717) is 22.4 Å². The molecule has 0 spiro atoms. The SMILES string of the molecule is COc1cccc(C(=O)Nc2nc3c(s2)C[C@H](C)CC3)c1. The summed E-state index contributed by atoms with van der Waals surface area (Å²) in [6, 6.07) is 7.13. The van der Waals surface area contributed by atoms with Crippen molar-refractivity contribution < 1.29 is 9.53 Å². The summed E-state index contributed by atoms with van der Waals surface area (Å²) >= 11 is 1.60. The predicted octanol–water partition coefficient (Wildman–Crippen LogP) is 3.53. The molecule has 0 radical (unpaired) electrons. The van der Waals surface area contributed by atoms with Gasteiger partial charge in [-0.2, -0.15) is 0 Å². The molecule has 3 rings (SSSR count). The van der Waals surface area contributed by atoms with Crippen molar-refractivity contribution in [2.24, 2.45) is 5.92 Å². The molecule has 0 saturated heterocycles. The summed E-state index contributed by atoms with van der Waals surface area (Å²) in [6.07, 6.45) is 3.27. The van der Waals surface area contributed by atoms with E-state index in [4.69, 9.17) is 4.74 Å². The Balaban J connectivity index is 1.75. The lowest BCUT2D eigenvalue weighted by Gasteiger charge is -2.15. The van der Waals surface area contributed by atoms with Crippen molar-refractivity contribution in [3.8, 4) is 5.75 Å². The smallest absolute Gasteiger partial charge is 0.257 e. The molecule has 1 amide bonds. The van der Waals surface area contributed by atoms with E-state index in [1.54, 1.807) is 30.6 Å². The molecule has 2 aromatic rings. The average Bonchev–Trinajstić information content (AvgIpc) is 2.88. The third-order valence-electron chi connectivity index (χ3n) is 3.74. The number of nitrogens with one attached hydrogen (secondary N) is 1. The number of nitrogens with zero attached hydrogens (tertiary/aromatic N) is 1. The fourth-order valence-corrected chi connectivity index (χ4v) is 3.69. The van der Waals surface area contributed by atoms with Crippen molar-refractivity contribution in [1.29, 1.82) is 0 Å². The van der Waals surface area contributed by atoms with Crippen LogP contribution in [0.2, 0.25) is 0 Å². The van der Waals surface area contributed by atoms with Crippen LogP contribution in [0.1, 0.15) is 34.3 Å². The van der Waals surface area contributed by atoms with Gasteiger partial charge in [0.05, 0.1) is 12.8 Å².